The highest BCUT2D eigenvalue weighted by atomic mass is 16.3. The molecule has 0 amide bonds. The normalized spacial score (nSPS) is 19.3. The summed E-state index contributed by atoms with van der Waals surface area (Å²) in [4.78, 5) is 0. The Balaban J connectivity index is 0.000000183. The summed E-state index contributed by atoms with van der Waals surface area (Å²) in [5.41, 5.74) is 0. The number of aliphatic hydroxyl groups excluding tert-OH is 2. The quantitative estimate of drug-likeness (QED) is 0.686. The van der Waals surface area contributed by atoms with Crippen molar-refractivity contribution in [2.45, 2.75) is 64.2 Å². The Hall–Kier alpha value is -0.0800. The SMILES string of the molecule is C1CCCC1.C1CCCC1.OCCO. The molecule has 2 rings (SSSR count). The largest absolute Gasteiger partial charge is 0.394 e. The molecule has 14 heavy (non-hydrogen) atoms. The van der Waals surface area contributed by atoms with Gasteiger partial charge in [0, 0.05) is 0 Å². The third kappa shape index (κ3) is 11.9. The van der Waals surface area contributed by atoms with Gasteiger partial charge in [-0.2, -0.15) is 0 Å². The summed E-state index contributed by atoms with van der Waals surface area (Å²) in [5.74, 6) is 0. The van der Waals surface area contributed by atoms with Crippen molar-refractivity contribution in [1.29, 1.82) is 0 Å². The number of aliphatic hydroxyl groups is 2. The van der Waals surface area contributed by atoms with E-state index in [1.165, 1.54) is 64.2 Å². The molecule has 2 saturated carbocycles. The van der Waals surface area contributed by atoms with E-state index in [0.29, 0.717) is 0 Å². The molecule has 86 valence electrons. The van der Waals surface area contributed by atoms with Crippen LogP contribution in [0, 0.1) is 0 Å². The Bertz CT molecular complexity index is 59.1. The van der Waals surface area contributed by atoms with Gasteiger partial charge in [-0.3, -0.25) is 0 Å². The van der Waals surface area contributed by atoms with Crippen molar-refractivity contribution in [1.82, 2.24) is 0 Å². The first-order valence-electron chi connectivity index (χ1n) is 6.13. The highest BCUT2D eigenvalue weighted by Gasteiger charge is 1.95. The van der Waals surface area contributed by atoms with E-state index in [9.17, 15) is 0 Å². The van der Waals surface area contributed by atoms with Crippen LogP contribution in [0.1, 0.15) is 64.2 Å². The molecule has 0 unspecified atom stereocenters. The highest BCUT2D eigenvalue weighted by molar-refractivity contribution is 4.51. The Morgan fingerprint density at radius 1 is 0.429 bits per heavy atom. The van der Waals surface area contributed by atoms with Gasteiger partial charge in [-0.1, -0.05) is 64.2 Å². The maximum Gasteiger partial charge on any atom is 0.0662 e. The summed E-state index contributed by atoms with van der Waals surface area (Å²) in [6.07, 6.45) is 15.0. The van der Waals surface area contributed by atoms with E-state index in [0.717, 1.165) is 0 Å². The minimum atomic E-state index is -0.125. The molecule has 0 atom stereocenters. The molecule has 0 bridgehead atoms. The predicted molar refractivity (Wildman–Crippen MR) is 60.3 cm³/mol. The lowest BCUT2D eigenvalue weighted by molar-refractivity contribution is 0.186. The van der Waals surface area contributed by atoms with Gasteiger partial charge in [0.05, 0.1) is 13.2 Å². The van der Waals surface area contributed by atoms with Crippen molar-refractivity contribution in [3.05, 3.63) is 0 Å². The van der Waals surface area contributed by atoms with Crippen LogP contribution in [0.15, 0.2) is 0 Å². The lowest BCUT2D eigenvalue weighted by Crippen LogP contribution is -1.85. The van der Waals surface area contributed by atoms with Gasteiger partial charge in [0.15, 0.2) is 0 Å². The van der Waals surface area contributed by atoms with E-state index in [-0.39, 0.29) is 13.2 Å². The monoisotopic (exact) mass is 202 g/mol. The van der Waals surface area contributed by atoms with Crippen molar-refractivity contribution in [2.24, 2.45) is 0 Å². The van der Waals surface area contributed by atoms with Gasteiger partial charge in [-0.15, -0.1) is 0 Å². The third-order valence-corrected chi connectivity index (χ3v) is 2.60. The molecule has 0 aromatic rings. The van der Waals surface area contributed by atoms with E-state index in [2.05, 4.69) is 0 Å². The van der Waals surface area contributed by atoms with Gasteiger partial charge in [-0.25, -0.2) is 0 Å². The fraction of sp³-hybridized carbons (Fsp3) is 1.00. The maximum atomic E-state index is 7.62. The number of rotatable bonds is 1. The second kappa shape index (κ2) is 12.9. The van der Waals surface area contributed by atoms with Crippen LogP contribution in [0.4, 0.5) is 0 Å². The molecule has 2 aliphatic rings. The average Bonchev–Trinajstić information content (AvgIpc) is 2.94. The average molecular weight is 202 g/mol. The summed E-state index contributed by atoms with van der Waals surface area (Å²) in [7, 11) is 0. The number of hydrogen-bond donors (Lipinski definition) is 2. The molecule has 0 aromatic heterocycles. The van der Waals surface area contributed by atoms with Gasteiger partial charge in [0.1, 0.15) is 0 Å². The van der Waals surface area contributed by atoms with E-state index < -0.39 is 0 Å². The van der Waals surface area contributed by atoms with Gasteiger partial charge >= 0.3 is 0 Å². The van der Waals surface area contributed by atoms with Gasteiger partial charge < -0.3 is 10.2 Å². The van der Waals surface area contributed by atoms with E-state index in [1.54, 1.807) is 0 Å². The van der Waals surface area contributed by atoms with E-state index >= 15 is 0 Å². The number of hydrogen-bond acceptors (Lipinski definition) is 2. The molecule has 2 nitrogen and oxygen atoms in total. The van der Waals surface area contributed by atoms with Crippen LogP contribution in [0.2, 0.25) is 0 Å². The molecular weight excluding hydrogens is 176 g/mol. The maximum absolute atomic E-state index is 7.62. The van der Waals surface area contributed by atoms with Crippen LogP contribution in [0.5, 0.6) is 0 Å². The molecule has 0 aromatic carbocycles. The fourth-order valence-corrected chi connectivity index (χ4v) is 1.77. The Labute approximate surface area is 88.3 Å². The van der Waals surface area contributed by atoms with Gasteiger partial charge in [-0.05, 0) is 0 Å². The Morgan fingerprint density at radius 3 is 0.643 bits per heavy atom. The van der Waals surface area contributed by atoms with Crippen LogP contribution in [-0.4, -0.2) is 23.4 Å². The molecular formula is C12H26O2. The van der Waals surface area contributed by atoms with Crippen LogP contribution in [0.25, 0.3) is 0 Å². The summed E-state index contributed by atoms with van der Waals surface area (Å²) in [5, 5.41) is 15.2. The molecule has 2 N–H and O–H groups in total. The van der Waals surface area contributed by atoms with Crippen LogP contribution in [-0.2, 0) is 0 Å². The second-order valence-electron chi connectivity index (χ2n) is 3.98. The zero-order valence-corrected chi connectivity index (χ0v) is 9.38. The fourth-order valence-electron chi connectivity index (χ4n) is 1.77. The van der Waals surface area contributed by atoms with E-state index in [1.807, 2.05) is 0 Å². The molecule has 2 fully saturated rings. The predicted octanol–water partition coefficient (Wildman–Crippen LogP) is 2.87. The summed E-state index contributed by atoms with van der Waals surface area (Å²) >= 11 is 0. The first-order valence-corrected chi connectivity index (χ1v) is 6.13. The molecule has 0 saturated heterocycles. The summed E-state index contributed by atoms with van der Waals surface area (Å²) in [6, 6.07) is 0. The minimum absolute atomic E-state index is 0.125. The van der Waals surface area contributed by atoms with Crippen molar-refractivity contribution >= 4 is 0 Å². The highest BCUT2D eigenvalue weighted by Crippen LogP contribution is 2.15. The zero-order chi connectivity index (χ0) is 10.5. The van der Waals surface area contributed by atoms with Crippen molar-refractivity contribution in [3.8, 4) is 0 Å². The first-order chi connectivity index (χ1) is 6.91. The van der Waals surface area contributed by atoms with Crippen molar-refractivity contribution in [3.63, 3.8) is 0 Å². The molecule has 0 radical (unpaired) electrons. The van der Waals surface area contributed by atoms with Gasteiger partial charge in [0.2, 0.25) is 0 Å². The lowest BCUT2D eigenvalue weighted by Gasteiger charge is -1.70. The third-order valence-electron chi connectivity index (χ3n) is 2.60. The van der Waals surface area contributed by atoms with Gasteiger partial charge in [0.25, 0.3) is 0 Å². The van der Waals surface area contributed by atoms with Crippen LogP contribution < -0.4 is 0 Å². The topological polar surface area (TPSA) is 40.5 Å². The van der Waals surface area contributed by atoms with Crippen LogP contribution >= 0.6 is 0 Å². The summed E-state index contributed by atoms with van der Waals surface area (Å²) in [6.45, 7) is -0.250. The molecule has 0 aliphatic heterocycles. The molecule has 0 spiro atoms. The minimum Gasteiger partial charge on any atom is -0.394 e. The van der Waals surface area contributed by atoms with Crippen molar-refractivity contribution in [2.75, 3.05) is 13.2 Å². The lowest BCUT2D eigenvalue weighted by atomic mass is 10.4. The molecule has 2 heteroatoms. The van der Waals surface area contributed by atoms with E-state index in [4.69, 9.17) is 10.2 Å². The van der Waals surface area contributed by atoms with Crippen LogP contribution in [0.3, 0.4) is 0 Å². The first kappa shape index (κ1) is 13.9. The zero-order valence-electron chi connectivity index (χ0n) is 9.38. The smallest absolute Gasteiger partial charge is 0.0662 e. The molecule has 2 aliphatic carbocycles. The molecule has 0 heterocycles. The Morgan fingerprint density at radius 2 is 0.571 bits per heavy atom. The standard InChI is InChI=1S/2C5H10.C2H6O2/c2*1-2-4-5-3-1;3-1-2-4/h2*1-5H2;3-4H,1-2H2. The Kier molecular flexibility index (Phi) is 12.8. The summed E-state index contributed by atoms with van der Waals surface area (Å²) < 4.78 is 0. The second-order valence-corrected chi connectivity index (χ2v) is 3.98. The van der Waals surface area contributed by atoms with Crippen molar-refractivity contribution < 1.29 is 10.2 Å².